The van der Waals surface area contributed by atoms with Crippen LogP contribution in [0.1, 0.15) is 15.9 Å². The number of esters is 1. The maximum absolute atomic E-state index is 11.9. The normalized spacial score (nSPS) is 10.4. The van der Waals surface area contributed by atoms with Gasteiger partial charge in [0.05, 0.1) is 18.7 Å². The van der Waals surface area contributed by atoms with Gasteiger partial charge in [-0.2, -0.15) is 5.10 Å². The molecule has 6 heteroatoms. The third kappa shape index (κ3) is 3.62. The van der Waals surface area contributed by atoms with Gasteiger partial charge in [-0.1, -0.05) is 18.2 Å². The first kappa shape index (κ1) is 13.2. The Morgan fingerprint density at radius 3 is 2.95 bits per heavy atom. The maximum Gasteiger partial charge on any atom is 0.338 e. The van der Waals surface area contributed by atoms with Crippen LogP contribution in [-0.4, -0.2) is 34.5 Å². The molecular formula is C13H15N3O3. The molecule has 0 radical (unpaired) electrons. The number of rotatable bonds is 6. The van der Waals surface area contributed by atoms with E-state index in [1.165, 1.54) is 6.33 Å². The van der Waals surface area contributed by atoms with Crippen LogP contribution < -0.4 is 0 Å². The number of benzene rings is 1. The molecule has 0 bridgehead atoms. The van der Waals surface area contributed by atoms with Crippen LogP contribution in [0.15, 0.2) is 36.9 Å². The smallest absolute Gasteiger partial charge is 0.338 e. The monoisotopic (exact) mass is 261 g/mol. The van der Waals surface area contributed by atoms with Gasteiger partial charge in [0.25, 0.3) is 0 Å². The molecule has 0 unspecified atom stereocenters. The fourth-order valence-electron chi connectivity index (χ4n) is 1.66. The summed E-state index contributed by atoms with van der Waals surface area (Å²) in [7, 11) is 1.59. The number of hydrogen-bond donors (Lipinski definition) is 0. The molecule has 0 aliphatic heterocycles. The van der Waals surface area contributed by atoms with E-state index >= 15 is 0 Å². The number of hydrogen-bond acceptors (Lipinski definition) is 5. The number of nitrogens with zero attached hydrogens (tertiary/aromatic N) is 3. The van der Waals surface area contributed by atoms with Crippen molar-refractivity contribution in [1.82, 2.24) is 14.8 Å². The topological polar surface area (TPSA) is 66.2 Å². The Morgan fingerprint density at radius 2 is 2.21 bits per heavy atom. The van der Waals surface area contributed by atoms with Gasteiger partial charge in [0.2, 0.25) is 0 Å². The first-order valence-electron chi connectivity index (χ1n) is 5.87. The third-order valence-electron chi connectivity index (χ3n) is 2.56. The minimum absolute atomic E-state index is 0.253. The van der Waals surface area contributed by atoms with Crippen LogP contribution in [0.25, 0.3) is 0 Å². The Balaban J connectivity index is 1.92. The van der Waals surface area contributed by atoms with E-state index in [9.17, 15) is 4.79 Å². The zero-order chi connectivity index (χ0) is 13.5. The third-order valence-corrected chi connectivity index (χ3v) is 2.56. The van der Waals surface area contributed by atoms with Crippen LogP contribution in [0, 0.1) is 0 Å². The summed E-state index contributed by atoms with van der Waals surface area (Å²) in [5.41, 5.74) is 1.35. The summed E-state index contributed by atoms with van der Waals surface area (Å²) in [6.45, 7) is 1.12. The number of aromatic nitrogens is 3. The van der Waals surface area contributed by atoms with Crippen LogP contribution in [-0.2, 0) is 22.6 Å². The number of carbonyl (C=O) groups is 1. The largest absolute Gasteiger partial charge is 0.460 e. The van der Waals surface area contributed by atoms with Crippen molar-refractivity contribution in [1.29, 1.82) is 0 Å². The van der Waals surface area contributed by atoms with Gasteiger partial charge >= 0.3 is 5.97 Å². The molecule has 1 heterocycles. The zero-order valence-electron chi connectivity index (χ0n) is 10.7. The lowest BCUT2D eigenvalue weighted by Gasteiger charge is -2.08. The fraction of sp³-hybridized carbons (Fsp3) is 0.308. The minimum Gasteiger partial charge on any atom is -0.460 e. The second kappa shape index (κ2) is 6.65. The van der Waals surface area contributed by atoms with Gasteiger partial charge in [0, 0.05) is 7.11 Å². The Hall–Kier alpha value is -2.21. The molecule has 0 saturated heterocycles. The number of ether oxygens (including phenoxy) is 2. The van der Waals surface area contributed by atoms with Crippen LogP contribution in [0.3, 0.4) is 0 Å². The highest BCUT2D eigenvalue weighted by atomic mass is 16.5. The average molecular weight is 261 g/mol. The van der Waals surface area contributed by atoms with Gasteiger partial charge in [0.1, 0.15) is 19.3 Å². The predicted molar refractivity (Wildman–Crippen MR) is 67.5 cm³/mol. The molecule has 0 saturated carbocycles. The lowest BCUT2D eigenvalue weighted by Crippen LogP contribution is -2.13. The van der Waals surface area contributed by atoms with E-state index in [2.05, 4.69) is 10.1 Å². The van der Waals surface area contributed by atoms with E-state index < -0.39 is 0 Å². The highest BCUT2D eigenvalue weighted by Gasteiger charge is 2.11. The molecule has 19 heavy (non-hydrogen) atoms. The molecule has 0 fully saturated rings. The summed E-state index contributed by atoms with van der Waals surface area (Å²) in [6, 6.07) is 7.23. The number of carbonyl (C=O) groups excluding carboxylic acids is 1. The molecule has 0 N–H and O–H groups in total. The van der Waals surface area contributed by atoms with Crippen LogP contribution >= 0.6 is 0 Å². The summed E-state index contributed by atoms with van der Waals surface area (Å²) in [6.07, 6.45) is 3.02. The molecule has 0 atom stereocenters. The van der Waals surface area contributed by atoms with Gasteiger partial charge in [0.15, 0.2) is 0 Å². The second-order valence-corrected chi connectivity index (χ2v) is 3.88. The van der Waals surface area contributed by atoms with Crippen molar-refractivity contribution in [2.45, 2.75) is 13.2 Å². The Bertz CT molecular complexity index is 526. The van der Waals surface area contributed by atoms with Gasteiger partial charge < -0.3 is 9.47 Å². The second-order valence-electron chi connectivity index (χ2n) is 3.88. The standard InChI is InChI=1S/C13H15N3O3/c1-18-8-11-4-2-3-5-12(11)13(17)19-7-6-16-10-14-9-15-16/h2-5,9-10H,6-8H2,1H3. The van der Waals surface area contributed by atoms with Crippen molar-refractivity contribution < 1.29 is 14.3 Å². The van der Waals surface area contributed by atoms with Crippen molar-refractivity contribution >= 4 is 5.97 Å². The van der Waals surface area contributed by atoms with Crippen molar-refractivity contribution in [2.75, 3.05) is 13.7 Å². The quantitative estimate of drug-likeness (QED) is 0.733. The lowest BCUT2D eigenvalue weighted by molar-refractivity contribution is 0.0483. The van der Waals surface area contributed by atoms with E-state index in [4.69, 9.17) is 9.47 Å². The van der Waals surface area contributed by atoms with E-state index in [0.717, 1.165) is 5.56 Å². The van der Waals surface area contributed by atoms with E-state index in [-0.39, 0.29) is 12.6 Å². The molecule has 0 amide bonds. The molecule has 2 rings (SSSR count). The SMILES string of the molecule is COCc1ccccc1C(=O)OCCn1cncn1. The van der Waals surface area contributed by atoms with E-state index in [1.54, 1.807) is 30.3 Å². The summed E-state index contributed by atoms with van der Waals surface area (Å²) in [4.78, 5) is 15.8. The predicted octanol–water partition coefficient (Wildman–Crippen LogP) is 1.28. The highest BCUT2D eigenvalue weighted by molar-refractivity contribution is 5.91. The molecule has 0 spiro atoms. The molecule has 0 aliphatic carbocycles. The Labute approximate surface area is 111 Å². The van der Waals surface area contributed by atoms with Crippen LogP contribution in [0.4, 0.5) is 0 Å². The van der Waals surface area contributed by atoms with Gasteiger partial charge in [-0.3, -0.25) is 0 Å². The molecular weight excluding hydrogens is 246 g/mol. The average Bonchev–Trinajstić information content (AvgIpc) is 2.93. The van der Waals surface area contributed by atoms with Crippen molar-refractivity contribution in [2.24, 2.45) is 0 Å². The van der Waals surface area contributed by atoms with Crippen molar-refractivity contribution in [3.8, 4) is 0 Å². The minimum atomic E-state index is -0.354. The van der Waals surface area contributed by atoms with E-state index in [1.807, 2.05) is 12.1 Å². The van der Waals surface area contributed by atoms with Gasteiger partial charge in [-0.25, -0.2) is 14.5 Å². The highest BCUT2D eigenvalue weighted by Crippen LogP contribution is 2.11. The summed E-state index contributed by atoms with van der Waals surface area (Å²) in [5, 5.41) is 3.93. The van der Waals surface area contributed by atoms with Crippen molar-refractivity contribution in [3.63, 3.8) is 0 Å². The fourth-order valence-corrected chi connectivity index (χ4v) is 1.66. The molecule has 0 aliphatic rings. The first-order chi connectivity index (χ1) is 9.31. The number of methoxy groups -OCH3 is 1. The van der Waals surface area contributed by atoms with Crippen LogP contribution in [0.5, 0.6) is 0 Å². The Morgan fingerprint density at radius 1 is 1.37 bits per heavy atom. The molecule has 2 aromatic rings. The van der Waals surface area contributed by atoms with E-state index in [0.29, 0.717) is 18.7 Å². The lowest BCUT2D eigenvalue weighted by atomic mass is 10.1. The first-order valence-corrected chi connectivity index (χ1v) is 5.87. The maximum atomic E-state index is 11.9. The molecule has 1 aromatic carbocycles. The summed E-state index contributed by atoms with van der Waals surface area (Å²) in [5.74, 6) is -0.354. The molecule has 100 valence electrons. The Kier molecular flexibility index (Phi) is 4.63. The van der Waals surface area contributed by atoms with Crippen molar-refractivity contribution in [3.05, 3.63) is 48.0 Å². The zero-order valence-corrected chi connectivity index (χ0v) is 10.7. The summed E-state index contributed by atoms with van der Waals surface area (Å²) >= 11 is 0. The molecule has 1 aromatic heterocycles. The van der Waals surface area contributed by atoms with Crippen LogP contribution in [0.2, 0.25) is 0 Å². The van der Waals surface area contributed by atoms with Gasteiger partial charge in [-0.15, -0.1) is 0 Å². The summed E-state index contributed by atoms with van der Waals surface area (Å²) < 4.78 is 11.9. The molecule has 6 nitrogen and oxygen atoms in total. The van der Waals surface area contributed by atoms with Gasteiger partial charge in [-0.05, 0) is 11.6 Å².